The standard InChI is InChI=1S/C31H36N2O6S/c1-18(2)40(36,37)32-29(34)20-10-12-23-26(14-20)33-17-31(30(35)39-4)16-25(31)24-15-21(38-3)11-13-22(24)28(33)27(23)19-8-6-5-7-9-19/h10-15,18-19,25H,5-9,16-17H2,1-4H3,(H,32,34). The summed E-state index contributed by atoms with van der Waals surface area (Å²) in [5.41, 5.74) is 4.90. The summed E-state index contributed by atoms with van der Waals surface area (Å²) in [6.07, 6.45) is 6.38. The molecule has 2 aromatic carbocycles. The quantitative estimate of drug-likeness (QED) is 0.397. The number of nitrogens with one attached hydrogen (secondary N) is 1. The zero-order valence-corrected chi connectivity index (χ0v) is 24.3. The van der Waals surface area contributed by atoms with Crippen LogP contribution in [0.3, 0.4) is 0 Å². The average Bonchev–Trinajstić information content (AvgIpc) is 3.62. The van der Waals surface area contributed by atoms with Crippen molar-refractivity contribution in [2.45, 2.75) is 76.0 Å². The predicted octanol–water partition coefficient (Wildman–Crippen LogP) is 5.49. The van der Waals surface area contributed by atoms with Crippen molar-refractivity contribution in [3.63, 3.8) is 0 Å². The zero-order chi connectivity index (χ0) is 28.4. The molecule has 2 atom stereocenters. The van der Waals surface area contributed by atoms with Gasteiger partial charge in [-0.3, -0.25) is 9.59 Å². The molecule has 8 nitrogen and oxygen atoms in total. The third-order valence-corrected chi connectivity index (χ3v) is 10.9. The lowest BCUT2D eigenvalue weighted by molar-refractivity contribution is -0.147. The van der Waals surface area contributed by atoms with Crippen LogP contribution >= 0.6 is 0 Å². The molecule has 0 bridgehead atoms. The Morgan fingerprint density at radius 2 is 1.80 bits per heavy atom. The Hall–Kier alpha value is -3.33. The Bertz CT molecular complexity index is 1630. The van der Waals surface area contributed by atoms with Crippen LogP contribution in [0.4, 0.5) is 0 Å². The highest BCUT2D eigenvalue weighted by Gasteiger charge is 2.63. The lowest BCUT2D eigenvalue weighted by atomic mass is 9.81. The van der Waals surface area contributed by atoms with Crippen LogP contribution in [-0.4, -0.2) is 44.3 Å². The molecule has 1 aromatic heterocycles. The van der Waals surface area contributed by atoms with Crippen molar-refractivity contribution in [3.05, 3.63) is 53.1 Å². The normalized spacial score (nSPS) is 22.2. The highest BCUT2D eigenvalue weighted by molar-refractivity contribution is 7.90. The fraction of sp³-hybridized carbons (Fsp3) is 0.484. The van der Waals surface area contributed by atoms with Crippen LogP contribution in [0.5, 0.6) is 5.75 Å². The number of hydrogen-bond acceptors (Lipinski definition) is 6. The minimum Gasteiger partial charge on any atom is -0.497 e. The number of ether oxygens (including phenoxy) is 2. The van der Waals surface area contributed by atoms with E-state index in [0.29, 0.717) is 18.9 Å². The van der Waals surface area contributed by atoms with Crippen molar-refractivity contribution in [1.82, 2.24) is 9.29 Å². The Labute approximate surface area is 235 Å². The van der Waals surface area contributed by atoms with Crippen LogP contribution < -0.4 is 9.46 Å². The van der Waals surface area contributed by atoms with Gasteiger partial charge in [0.15, 0.2) is 0 Å². The molecule has 3 aliphatic rings. The Balaban J connectivity index is 1.60. The van der Waals surface area contributed by atoms with Crippen LogP contribution in [0.2, 0.25) is 0 Å². The average molecular weight is 565 g/mol. The molecule has 212 valence electrons. The van der Waals surface area contributed by atoms with Crippen LogP contribution in [0.15, 0.2) is 36.4 Å². The third kappa shape index (κ3) is 4.12. The Kier molecular flexibility index (Phi) is 6.48. The van der Waals surface area contributed by atoms with E-state index >= 15 is 0 Å². The van der Waals surface area contributed by atoms with Gasteiger partial charge in [0.25, 0.3) is 5.91 Å². The molecule has 2 fully saturated rings. The number of amides is 1. The van der Waals surface area contributed by atoms with Gasteiger partial charge in [0.1, 0.15) is 5.75 Å². The van der Waals surface area contributed by atoms with Crippen molar-refractivity contribution < 1.29 is 27.5 Å². The number of nitrogens with zero attached hydrogens (tertiary/aromatic N) is 1. The second-order valence-electron chi connectivity index (χ2n) is 11.8. The fourth-order valence-corrected chi connectivity index (χ4v) is 7.53. The van der Waals surface area contributed by atoms with Crippen LogP contribution in [0, 0.1) is 5.41 Å². The molecule has 40 heavy (non-hydrogen) atoms. The molecule has 1 N–H and O–H groups in total. The lowest BCUT2D eigenvalue weighted by Crippen LogP contribution is -2.35. The Morgan fingerprint density at radius 1 is 1.05 bits per heavy atom. The van der Waals surface area contributed by atoms with E-state index < -0.39 is 26.6 Å². The number of fused-ring (bicyclic) bond motifs is 7. The van der Waals surface area contributed by atoms with Crippen molar-refractivity contribution in [2.24, 2.45) is 5.41 Å². The van der Waals surface area contributed by atoms with Crippen molar-refractivity contribution in [2.75, 3.05) is 14.2 Å². The van der Waals surface area contributed by atoms with Gasteiger partial charge in [0.2, 0.25) is 10.0 Å². The number of sulfonamides is 1. The third-order valence-electron chi connectivity index (χ3n) is 9.23. The number of methoxy groups -OCH3 is 2. The molecule has 2 aliphatic carbocycles. The van der Waals surface area contributed by atoms with Gasteiger partial charge in [0.05, 0.1) is 30.6 Å². The SMILES string of the molecule is COC(=O)C12CC1c1cc(OC)ccc1-c1c(C3CCCCC3)c3ccc(C(=O)NS(=O)(=O)C(C)C)cc3n1C2. The van der Waals surface area contributed by atoms with Gasteiger partial charge >= 0.3 is 5.97 Å². The summed E-state index contributed by atoms with van der Waals surface area (Å²) in [4.78, 5) is 26.4. The van der Waals surface area contributed by atoms with Gasteiger partial charge in [-0.2, -0.15) is 0 Å². The number of benzene rings is 2. The largest absolute Gasteiger partial charge is 0.497 e. The molecule has 9 heteroatoms. The molecule has 1 amide bonds. The van der Waals surface area contributed by atoms with Gasteiger partial charge < -0.3 is 14.0 Å². The van der Waals surface area contributed by atoms with Crippen molar-refractivity contribution >= 4 is 32.8 Å². The summed E-state index contributed by atoms with van der Waals surface area (Å²) < 4.78 is 40.2. The molecule has 6 rings (SSSR count). The van der Waals surface area contributed by atoms with Crippen LogP contribution in [-0.2, 0) is 26.1 Å². The molecule has 0 spiro atoms. The number of carbonyl (C=O) groups is 2. The number of carbonyl (C=O) groups excluding carboxylic acids is 2. The van der Waals surface area contributed by atoms with E-state index in [1.54, 1.807) is 19.2 Å². The van der Waals surface area contributed by atoms with E-state index in [4.69, 9.17) is 9.47 Å². The fourth-order valence-electron chi connectivity index (χ4n) is 6.92. The molecule has 1 aliphatic heterocycles. The predicted molar refractivity (Wildman–Crippen MR) is 153 cm³/mol. The molecular weight excluding hydrogens is 528 g/mol. The second kappa shape index (κ2) is 9.65. The van der Waals surface area contributed by atoms with Crippen molar-refractivity contribution in [3.8, 4) is 17.0 Å². The molecule has 0 radical (unpaired) electrons. The second-order valence-corrected chi connectivity index (χ2v) is 14.0. The van der Waals surface area contributed by atoms with Gasteiger partial charge in [-0.1, -0.05) is 25.3 Å². The Morgan fingerprint density at radius 3 is 2.48 bits per heavy atom. The first-order chi connectivity index (χ1) is 19.1. The maximum atomic E-state index is 13.3. The van der Waals surface area contributed by atoms with E-state index in [9.17, 15) is 18.0 Å². The lowest BCUT2D eigenvalue weighted by Gasteiger charge is -2.24. The molecule has 2 heterocycles. The minimum atomic E-state index is -3.79. The first kappa shape index (κ1) is 26.9. The summed E-state index contributed by atoms with van der Waals surface area (Å²) in [7, 11) is -0.704. The van der Waals surface area contributed by atoms with Crippen molar-refractivity contribution in [1.29, 1.82) is 0 Å². The first-order valence-corrected chi connectivity index (χ1v) is 15.6. The number of aromatic nitrogens is 1. The minimum absolute atomic E-state index is 0.00173. The van der Waals surface area contributed by atoms with Crippen LogP contribution in [0.1, 0.15) is 85.7 Å². The van der Waals surface area contributed by atoms with Gasteiger partial charge in [0, 0.05) is 34.5 Å². The summed E-state index contributed by atoms with van der Waals surface area (Å²) in [6, 6.07) is 11.6. The first-order valence-electron chi connectivity index (χ1n) is 14.1. The number of esters is 1. The van der Waals surface area contributed by atoms with E-state index in [1.807, 2.05) is 12.1 Å². The van der Waals surface area contributed by atoms with Gasteiger partial charge in [-0.05, 0) is 80.5 Å². The molecule has 3 aromatic rings. The molecule has 2 saturated carbocycles. The molecule has 0 saturated heterocycles. The van der Waals surface area contributed by atoms with Gasteiger partial charge in [-0.25, -0.2) is 13.1 Å². The maximum absolute atomic E-state index is 13.3. The summed E-state index contributed by atoms with van der Waals surface area (Å²) in [5.74, 6) is 0.209. The summed E-state index contributed by atoms with van der Waals surface area (Å²) in [5, 5.41) is 0.314. The molecule has 2 unspecified atom stereocenters. The zero-order valence-electron chi connectivity index (χ0n) is 23.5. The van der Waals surface area contributed by atoms with E-state index in [-0.39, 0.29) is 17.5 Å². The van der Waals surface area contributed by atoms with Gasteiger partial charge in [-0.15, -0.1) is 0 Å². The smallest absolute Gasteiger partial charge is 0.314 e. The van der Waals surface area contributed by atoms with E-state index in [1.165, 1.54) is 32.9 Å². The molecular formula is C31H36N2O6S. The van der Waals surface area contributed by atoms with Crippen LogP contribution in [0.25, 0.3) is 22.2 Å². The topological polar surface area (TPSA) is 104 Å². The van der Waals surface area contributed by atoms with E-state index in [0.717, 1.165) is 59.2 Å². The van der Waals surface area contributed by atoms with E-state index in [2.05, 4.69) is 21.4 Å². The summed E-state index contributed by atoms with van der Waals surface area (Å²) in [6.45, 7) is 3.50. The monoisotopic (exact) mass is 564 g/mol. The maximum Gasteiger partial charge on any atom is 0.314 e. The summed E-state index contributed by atoms with van der Waals surface area (Å²) >= 11 is 0. The highest BCUT2D eigenvalue weighted by atomic mass is 32.2. The number of rotatable bonds is 6. The number of hydrogen-bond donors (Lipinski definition) is 1. The highest BCUT2D eigenvalue weighted by Crippen LogP contribution is 2.66.